The van der Waals surface area contributed by atoms with Crippen LogP contribution in [0.5, 0.6) is 0 Å². The van der Waals surface area contributed by atoms with E-state index in [-0.39, 0.29) is 41.6 Å². The molecule has 6 aliphatic heterocycles. The maximum Gasteiger partial charge on any atom is 0.410 e. The van der Waals surface area contributed by atoms with Gasteiger partial charge >= 0.3 is 6.09 Å². The molecule has 6 aliphatic rings. The number of amides is 5. The zero-order valence-corrected chi connectivity index (χ0v) is 31.2. The van der Waals surface area contributed by atoms with Crippen molar-refractivity contribution in [2.75, 3.05) is 79.0 Å². The maximum atomic E-state index is 13.3. The number of hydrogen-bond donors (Lipinski definition) is 3. The highest BCUT2D eigenvalue weighted by molar-refractivity contribution is 6.22. The molecule has 0 radical (unpaired) electrons. The molecular formula is C40H46N10O6. The second kappa shape index (κ2) is 14.6. The smallest absolute Gasteiger partial charge is 0.410 e. The van der Waals surface area contributed by atoms with E-state index < -0.39 is 5.91 Å². The number of imide groups is 1. The minimum atomic E-state index is -0.671. The Bertz CT molecular complexity index is 2050. The zero-order chi connectivity index (χ0) is 38.5. The van der Waals surface area contributed by atoms with Crippen molar-refractivity contribution in [1.82, 2.24) is 25.1 Å². The molecule has 3 aromatic rings. The first-order valence-corrected chi connectivity index (χ1v) is 19.7. The number of fused-ring (bicyclic) bond motifs is 1. The summed E-state index contributed by atoms with van der Waals surface area (Å²) >= 11 is 0. The van der Waals surface area contributed by atoms with Gasteiger partial charge in [-0.15, -0.1) is 0 Å². The van der Waals surface area contributed by atoms with Crippen molar-refractivity contribution < 1.29 is 28.7 Å². The molecule has 0 saturated carbocycles. The molecule has 1 unspecified atom stereocenters. The van der Waals surface area contributed by atoms with E-state index in [2.05, 4.69) is 42.5 Å². The van der Waals surface area contributed by atoms with Gasteiger partial charge in [0.1, 0.15) is 12.4 Å². The minimum absolute atomic E-state index is 0.0265. The number of nitrogens with one attached hydrogen (secondary N) is 2. The number of ether oxygens (including phenoxy) is 1. The molecule has 5 amide bonds. The van der Waals surface area contributed by atoms with Crippen LogP contribution < -0.4 is 31.1 Å². The molecule has 0 aliphatic carbocycles. The highest BCUT2D eigenvalue weighted by atomic mass is 16.6. The van der Waals surface area contributed by atoms with E-state index in [4.69, 9.17) is 15.5 Å². The Hall–Kier alpha value is -5.93. The van der Waals surface area contributed by atoms with Crippen molar-refractivity contribution in [2.45, 2.75) is 50.6 Å². The number of primary amides is 1. The van der Waals surface area contributed by atoms with Gasteiger partial charge in [0, 0.05) is 69.3 Å². The van der Waals surface area contributed by atoms with Crippen LogP contribution in [0.15, 0.2) is 48.7 Å². The molecule has 4 N–H and O–H groups in total. The third-order valence-electron chi connectivity index (χ3n) is 12.4. The van der Waals surface area contributed by atoms with E-state index in [1.807, 2.05) is 24.3 Å². The van der Waals surface area contributed by atoms with Crippen LogP contribution in [-0.2, 0) is 9.53 Å². The first kappa shape index (κ1) is 35.8. The molecule has 7 heterocycles. The highest BCUT2D eigenvalue weighted by Crippen LogP contribution is 2.38. The average Bonchev–Trinajstić information content (AvgIpc) is 3.74. The third kappa shape index (κ3) is 6.70. The summed E-state index contributed by atoms with van der Waals surface area (Å²) in [6.07, 6.45) is 6.05. The summed E-state index contributed by atoms with van der Waals surface area (Å²) in [5.41, 5.74) is 9.50. The zero-order valence-electron chi connectivity index (χ0n) is 31.2. The second-order valence-electron chi connectivity index (χ2n) is 15.7. The Kier molecular flexibility index (Phi) is 9.33. The molecule has 16 heteroatoms. The molecule has 16 nitrogen and oxygen atoms in total. The van der Waals surface area contributed by atoms with Crippen molar-refractivity contribution in [3.8, 4) is 0 Å². The first-order chi connectivity index (χ1) is 27.2. The van der Waals surface area contributed by atoms with Gasteiger partial charge in [-0.1, -0.05) is 0 Å². The molecule has 0 bridgehead atoms. The number of rotatable bonds is 9. The second-order valence-corrected chi connectivity index (χ2v) is 15.7. The molecule has 2 atom stereocenters. The lowest BCUT2D eigenvalue weighted by molar-refractivity contribution is -0.123. The van der Waals surface area contributed by atoms with Gasteiger partial charge in [-0.25, -0.2) is 14.8 Å². The Morgan fingerprint density at radius 2 is 1.57 bits per heavy atom. The fourth-order valence-corrected chi connectivity index (χ4v) is 9.21. The molecular weight excluding hydrogens is 717 g/mol. The summed E-state index contributed by atoms with van der Waals surface area (Å²) < 4.78 is 5.16. The number of carbonyl (C=O) groups excluding carboxylic acids is 5. The standard InChI is InChI=1S/C40H46N10O6/c41-36(52)35-37(45-33(20-43-35)47-13-1-2-30(23-47)49-16-17-56-40(49)55)44-26-3-5-27(6-4-26)46-14-11-24(12-15-46)25-21-48(22-25)28-7-9-31-32(18-28)39(54)50(38(31)53)29-8-10-34(51)42-19-29/h3-7,9,18,20,24-25,29-30H,1-2,8,10-17,19,21-23H2,(H2,41,52)(H,42,51)(H,44,45)/t29?,30-/m0/s1. The van der Waals surface area contributed by atoms with Crippen LogP contribution in [0.4, 0.5) is 33.5 Å². The molecule has 2 aromatic carbocycles. The lowest BCUT2D eigenvalue weighted by atomic mass is 9.79. The van der Waals surface area contributed by atoms with E-state index in [1.54, 1.807) is 17.2 Å². The van der Waals surface area contributed by atoms with Crippen LogP contribution in [0.3, 0.4) is 0 Å². The third-order valence-corrected chi connectivity index (χ3v) is 12.4. The summed E-state index contributed by atoms with van der Waals surface area (Å²) in [5, 5.41) is 6.05. The summed E-state index contributed by atoms with van der Waals surface area (Å²) in [7, 11) is 0. The number of hydrogen-bond acceptors (Lipinski definition) is 12. The Labute approximate surface area is 324 Å². The van der Waals surface area contributed by atoms with Gasteiger partial charge < -0.3 is 40.7 Å². The van der Waals surface area contributed by atoms with Crippen LogP contribution in [0.2, 0.25) is 0 Å². The number of aromatic nitrogens is 2. The predicted octanol–water partition coefficient (Wildman–Crippen LogP) is 2.97. The van der Waals surface area contributed by atoms with E-state index >= 15 is 0 Å². The van der Waals surface area contributed by atoms with Gasteiger partial charge in [0.2, 0.25) is 5.91 Å². The lowest BCUT2D eigenvalue weighted by Crippen LogP contribution is -2.52. The van der Waals surface area contributed by atoms with Gasteiger partial charge in [-0.2, -0.15) is 0 Å². The Morgan fingerprint density at radius 1 is 0.804 bits per heavy atom. The predicted molar refractivity (Wildman–Crippen MR) is 207 cm³/mol. The van der Waals surface area contributed by atoms with E-state index in [1.165, 1.54) is 4.90 Å². The molecule has 0 spiro atoms. The van der Waals surface area contributed by atoms with Crippen LogP contribution >= 0.6 is 0 Å². The fraction of sp³-hybridized carbons (Fsp3) is 0.475. The van der Waals surface area contributed by atoms with Crippen LogP contribution in [0.1, 0.15) is 69.7 Å². The normalized spacial score (nSPS) is 23.2. The quantitative estimate of drug-likeness (QED) is 0.271. The monoisotopic (exact) mass is 762 g/mol. The Balaban J connectivity index is 0.781. The number of nitrogens with two attached hydrogens (primary N) is 1. The fourth-order valence-electron chi connectivity index (χ4n) is 9.21. The summed E-state index contributed by atoms with van der Waals surface area (Å²) in [4.78, 5) is 81.6. The molecule has 9 rings (SSSR count). The summed E-state index contributed by atoms with van der Waals surface area (Å²) in [6.45, 7) is 6.41. The summed E-state index contributed by atoms with van der Waals surface area (Å²) in [6, 6.07) is 13.4. The largest absolute Gasteiger partial charge is 0.448 e. The van der Waals surface area contributed by atoms with Crippen LogP contribution in [0, 0.1) is 11.8 Å². The number of carbonyl (C=O) groups is 5. The molecule has 5 saturated heterocycles. The van der Waals surface area contributed by atoms with Crippen LogP contribution in [-0.4, -0.2) is 121 Å². The summed E-state index contributed by atoms with van der Waals surface area (Å²) in [5.74, 6) is 0.822. The van der Waals surface area contributed by atoms with Crippen molar-refractivity contribution in [3.63, 3.8) is 0 Å². The minimum Gasteiger partial charge on any atom is -0.448 e. The number of cyclic esters (lactones) is 1. The van der Waals surface area contributed by atoms with Crippen molar-refractivity contribution in [3.05, 3.63) is 65.5 Å². The number of anilines is 5. The van der Waals surface area contributed by atoms with Gasteiger partial charge in [0.15, 0.2) is 11.5 Å². The molecule has 56 heavy (non-hydrogen) atoms. The molecule has 292 valence electrons. The van der Waals surface area contributed by atoms with Crippen molar-refractivity contribution >= 4 is 58.4 Å². The van der Waals surface area contributed by atoms with Gasteiger partial charge in [0.25, 0.3) is 17.7 Å². The van der Waals surface area contributed by atoms with Crippen LogP contribution in [0.25, 0.3) is 0 Å². The van der Waals surface area contributed by atoms with Crippen molar-refractivity contribution in [2.24, 2.45) is 17.6 Å². The number of nitrogens with zero attached hydrogens (tertiary/aromatic N) is 7. The van der Waals surface area contributed by atoms with Crippen molar-refractivity contribution in [1.29, 1.82) is 0 Å². The SMILES string of the molecule is NC(=O)c1ncc(N2CCC[C@H](N3CCOC3=O)C2)nc1Nc1ccc(N2CCC(C3CN(c4ccc5c(c4)C(=O)N(C4CCC(=O)NC4)C5=O)C3)CC2)cc1. The van der Waals surface area contributed by atoms with Gasteiger partial charge in [-0.3, -0.25) is 24.1 Å². The topological polar surface area (TPSA) is 187 Å². The van der Waals surface area contributed by atoms with Gasteiger partial charge in [0.05, 0.1) is 36.0 Å². The van der Waals surface area contributed by atoms with Gasteiger partial charge in [-0.05, 0) is 86.4 Å². The first-order valence-electron chi connectivity index (χ1n) is 19.7. The highest BCUT2D eigenvalue weighted by Gasteiger charge is 2.42. The Morgan fingerprint density at radius 3 is 2.29 bits per heavy atom. The number of piperidine rings is 3. The lowest BCUT2D eigenvalue weighted by Gasteiger charge is -2.47. The maximum absolute atomic E-state index is 13.3. The van der Waals surface area contributed by atoms with E-state index in [9.17, 15) is 24.0 Å². The molecule has 1 aromatic heterocycles. The average molecular weight is 763 g/mol. The van der Waals surface area contributed by atoms with E-state index in [0.29, 0.717) is 73.7 Å². The van der Waals surface area contributed by atoms with E-state index in [0.717, 1.165) is 75.5 Å². The molecule has 5 fully saturated rings. The number of benzene rings is 2.